The number of hydrogen-bond donors (Lipinski definition) is 2. The summed E-state index contributed by atoms with van der Waals surface area (Å²) >= 11 is 0. The molecule has 2 aromatic rings. The molecule has 0 spiro atoms. The molecule has 0 fully saturated rings. The van der Waals surface area contributed by atoms with Gasteiger partial charge in [-0.25, -0.2) is 4.79 Å². The highest BCUT2D eigenvalue weighted by atomic mass is 16.5. The van der Waals surface area contributed by atoms with Gasteiger partial charge in [0.15, 0.2) is 5.58 Å². The van der Waals surface area contributed by atoms with E-state index in [1.165, 1.54) is 7.11 Å². The molecule has 17 heavy (non-hydrogen) atoms. The highest BCUT2D eigenvalue weighted by molar-refractivity contribution is 5.74. The van der Waals surface area contributed by atoms with E-state index >= 15 is 0 Å². The van der Waals surface area contributed by atoms with E-state index in [4.69, 9.17) is 10.2 Å². The van der Waals surface area contributed by atoms with Gasteiger partial charge in [-0.1, -0.05) is 6.07 Å². The van der Waals surface area contributed by atoms with E-state index in [-0.39, 0.29) is 12.4 Å². The van der Waals surface area contributed by atoms with Gasteiger partial charge in [-0.15, -0.1) is 0 Å². The number of carbonyl (C=O) groups excluding carboxylic acids is 1. The molecule has 1 heterocycles. The van der Waals surface area contributed by atoms with Gasteiger partial charge in [0, 0.05) is 6.04 Å². The first-order chi connectivity index (χ1) is 8.10. The molecular weight excluding hydrogens is 224 g/mol. The summed E-state index contributed by atoms with van der Waals surface area (Å²) in [6, 6.07) is 4.57. The van der Waals surface area contributed by atoms with Gasteiger partial charge in [-0.3, -0.25) is 9.78 Å². The minimum absolute atomic E-state index is 0.0874. The minimum Gasteiger partial charge on any atom is -0.469 e. The normalized spacial score (nSPS) is 12.6. The van der Waals surface area contributed by atoms with Gasteiger partial charge in [0.25, 0.3) is 0 Å². The Balaban J connectivity index is 2.29. The Kier molecular flexibility index (Phi) is 2.97. The van der Waals surface area contributed by atoms with Gasteiger partial charge in [0.1, 0.15) is 0 Å². The van der Waals surface area contributed by atoms with Crippen molar-refractivity contribution < 1.29 is 13.9 Å². The van der Waals surface area contributed by atoms with Crippen LogP contribution >= 0.6 is 0 Å². The van der Waals surface area contributed by atoms with Crippen molar-refractivity contribution in [2.75, 3.05) is 7.11 Å². The molecule has 0 amide bonds. The number of aromatic amines is 1. The number of hydrogen-bond acceptors (Lipinski definition) is 5. The molecule has 0 saturated heterocycles. The van der Waals surface area contributed by atoms with Crippen molar-refractivity contribution in [1.82, 2.24) is 4.98 Å². The van der Waals surface area contributed by atoms with Crippen molar-refractivity contribution in [3.63, 3.8) is 0 Å². The van der Waals surface area contributed by atoms with Crippen LogP contribution in [0.2, 0.25) is 0 Å². The number of nitrogens with two attached hydrogens (primary N) is 1. The summed E-state index contributed by atoms with van der Waals surface area (Å²) in [6.07, 6.45) is 0.0874. The molecular formula is C11H12N2O4. The van der Waals surface area contributed by atoms with Gasteiger partial charge in [0.2, 0.25) is 0 Å². The summed E-state index contributed by atoms with van der Waals surface area (Å²) < 4.78 is 9.40. The molecule has 1 aromatic heterocycles. The molecule has 1 atom stereocenters. The molecule has 6 nitrogen and oxygen atoms in total. The zero-order valence-electron chi connectivity index (χ0n) is 9.23. The third kappa shape index (κ3) is 2.36. The summed E-state index contributed by atoms with van der Waals surface area (Å²) in [5.41, 5.74) is 7.61. The van der Waals surface area contributed by atoms with Crippen molar-refractivity contribution in [2.24, 2.45) is 5.73 Å². The second-order valence-corrected chi connectivity index (χ2v) is 3.66. The molecule has 2 rings (SSSR count). The van der Waals surface area contributed by atoms with Crippen LogP contribution in [0.1, 0.15) is 18.0 Å². The number of rotatable bonds is 3. The molecule has 3 N–H and O–H groups in total. The van der Waals surface area contributed by atoms with Crippen molar-refractivity contribution in [1.29, 1.82) is 0 Å². The lowest BCUT2D eigenvalue weighted by Gasteiger charge is -2.09. The van der Waals surface area contributed by atoms with Crippen LogP contribution < -0.4 is 11.5 Å². The van der Waals surface area contributed by atoms with Crippen LogP contribution in [0, 0.1) is 0 Å². The predicted molar refractivity (Wildman–Crippen MR) is 60.4 cm³/mol. The molecule has 0 radical (unpaired) electrons. The standard InChI is InChI=1S/C11H12N2O4/c1-16-10(14)5-7(12)6-2-3-9-8(4-6)13-11(15)17-9/h2-4,7H,5,12H2,1H3,(H,13,15). The van der Waals surface area contributed by atoms with Crippen LogP contribution in [0.5, 0.6) is 0 Å². The number of H-pyrrole nitrogens is 1. The first-order valence-electron chi connectivity index (χ1n) is 5.05. The summed E-state index contributed by atoms with van der Waals surface area (Å²) in [7, 11) is 1.31. The van der Waals surface area contributed by atoms with Crippen LogP contribution in [0.25, 0.3) is 11.1 Å². The smallest absolute Gasteiger partial charge is 0.417 e. The fraction of sp³-hybridized carbons (Fsp3) is 0.273. The Hall–Kier alpha value is -2.08. The van der Waals surface area contributed by atoms with E-state index in [2.05, 4.69) is 9.72 Å². The quantitative estimate of drug-likeness (QED) is 0.764. The van der Waals surface area contributed by atoms with Crippen LogP contribution in [0.3, 0.4) is 0 Å². The SMILES string of the molecule is COC(=O)CC(N)c1ccc2oc(=O)[nH]c2c1. The number of ether oxygens (including phenoxy) is 1. The van der Waals surface area contributed by atoms with E-state index in [1.807, 2.05) is 0 Å². The molecule has 6 heteroatoms. The Labute approximate surface area is 96.4 Å². The van der Waals surface area contributed by atoms with E-state index in [9.17, 15) is 9.59 Å². The second kappa shape index (κ2) is 4.42. The van der Waals surface area contributed by atoms with Crippen molar-refractivity contribution in [3.8, 4) is 0 Å². The Morgan fingerprint density at radius 1 is 1.59 bits per heavy atom. The number of oxazole rings is 1. The first kappa shape index (κ1) is 11.4. The molecule has 1 unspecified atom stereocenters. The monoisotopic (exact) mass is 236 g/mol. The maximum atomic E-state index is 11.1. The Bertz CT molecular complexity index is 599. The molecule has 90 valence electrons. The van der Waals surface area contributed by atoms with Crippen molar-refractivity contribution in [3.05, 3.63) is 34.3 Å². The maximum Gasteiger partial charge on any atom is 0.417 e. The van der Waals surface area contributed by atoms with Gasteiger partial charge >= 0.3 is 11.7 Å². The average molecular weight is 236 g/mol. The molecule has 0 bridgehead atoms. The Morgan fingerprint density at radius 2 is 2.35 bits per heavy atom. The van der Waals surface area contributed by atoms with Gasteiger partial charge in [0.05, 0.1) is 19.0 Å². The Morgan fingerprint density at radius 3 is 3.06 bits per heavy atom. The topological polar surface area (TPSA) is 98.3 Å². The van der Waals surface area contributed by atoms with Gasteiger partial charge < -0.3 is 14.9 Å². The second-order valence-electron chi connectivity index (χ2n) is 3.66. The zero-order chi connectivity index (χ0) is 12.4. The van der Waals surface area contributed by atoms with E-state index in [0.717, 1.165) is 5.56 Å². The average Bonchev–Trinajstić information content (AvgIpc) is 2.67. The third-order valence-electron chi connectivity index (χ3n) is 2.49. The maximum absolute atomic E-state index is 11.1. The molecule has 0 aliphatic heterocycles. The van der Waals surface area contributed by atoms with Gasteiger partial charge in [-0.2, -0.15) is 0 Å². The minimum atomic E-state index is -0.515. The lowest BCUT2D eigenvalue weighted by molar-refractivity contribution is -0.141. The van der Waals surface area contributed by atoms with E-state index in [1.54, 1.807) is 18.2 Å². The molecule has 0 aliphatic carbocycles. The van der Waals surface area contributed by atoms with Crippen molar-refractivity contribution >= 4 is 17.1 Å². The lowest BCUT2D eigenvalue weighted by Crippen LogP contribution is -2.16. The number of nitrogens with one attached hydrogen (secondary N) is 1. The van der Waals surface area contributed by atoms with E-state index < -0.39 is 11.8 Å². The summed E-state index contributed by atoms with van der Waals surface area (Å²) in [5, 5.41) is 0. The highest BCUT2D eigenvalue weighted by Gasteiger charge is 2.13. The van der Waals surface area contributed by atoms with Crippen LogP contribution in [-0.4, -0.2) is 18.1 Å². The number of aromatic nitrogens is 1. The highest BCUT2D eigenvalue weighted by Crippen LogP contribution is 2.19. The number of fused-ring (bicyclic) bond motifs is 1. The molecule has 0 aliphatic rings. The van der Waals surface area contributed by atoms with Crippen LogP contribution in [0.15, 0.2) is 27.4 Å². The largest absolute Gasteiger partial charge is 0.469 e. The van der Waals surface area contributed by atoms with Crippen molar-refractivity contribution in [2.45, 2.75) is 12.5 Å². The summed E-state index contributed by atoms with van der Waals surface area (Å²) in [6.45, 7) is 0. The number of carbonyl (C=O) groups is 1. The van der Waals surface area contributed by atoms with Gasteiger partial charge in [-0.05, 0) is 17.7 Å². The summed E-state index contributed by atoms with van der Waals surface area (Å²) in [5.74, 6) is -0.892. The zero-order valence-corrected chi connectivity index (χ0v) is 9.23. The number of esters is 1. The van der Waals surface area contributed by atoms with E-state index in [0.29, 0.717) is 11.1 Å². The van der Waals surface area contributed by atoms with Crippen LogP contribution in [-0.2, 0) is 9.53 Å². The van der Waals surface area contributed by atoms with Crippen LogP contribution in [0.4, 0.5) is 0 Å². The summed E-state index contributed by atoms with van der Waals surface area (Å²) in [4.78, 5) is 24.6. The fourth-order valence-corrected chi connectivity index (χ4v) is 1.58. The fourth-order valence-electron chi connectivity index (χ4n) is 1.58. The predicted octanol–water partition coefficient (Wildman–Crippen LogP) is 0.684. The molecule has 0 saturated carbocycles. The first-order valence-corrected chi connectivity index (χ1v) is 5.05. The third-order valence-corrected chi connectivity index (χ3v) is 2.49. The lowest BCUT2D eigenvalue weighted by atomic mass is 10.0. The number of methoxy groups -OCH3 is 1. The molecule has 1 aromatic carbocycles. The number of benzene rings is 1.